The van der Waals surface area contributed by atoms with E-state index in [1.165, 1.54) is 17.4 Å². The minimum atomic E-state index is -4.39. The van der Waals surface area contributed by atoms with Gasteiger partial charge >= 0.3 is 6.18 Å². The van der Waals surface area contributed by atoms with Crippen LogP contribution < -0.4 is 5.32 Å². The van der Waals surface area contributed by atoms with Gasteiger partial charge in [-0.2, -0.15) is 13.2 Å². The Hall–Kier alpha value is -2.59. The van der Waals surface area contributed by atoms with E-state index in [1.54, 1.807) is 18.3 Å². The lowest BCUT2D eigenvalue weighted by Gasteiger charge is -2.29. The minimum Gasteiger partial charge on any atom is -0.389 e. The number of amides is 1. The molecule has 6 nitrogen and oxygen atoms in total. The number of nitrogens with one attached hydrogen (secondary N) is 1. The van der Waals surface area contributed by atoms with Gasteiger partial charge in [-0.15, -0.1) is 0 Å². The van der Waals surface area contributed by atoms with E-state index in [1.807, 2.05) is 0 Å². The van der Waals surface area contributed by atoms with Crippen molar-refractivity contribution >= 4 is 33.3 Å². The zero-order chi connectivity index (χ0) is 22.4. The Bertz CT molecular complexity index is 1140. The molecule has 1 atom stereocenters. The number of rotatable bonds is 4. The highest BCUT2D eigenvalue weighted by Crippen LogP contribution is 2.40. The Morgan fingerprint density at radius 1 is 1.29 bits per heavy atom. The van der Waals surface area contributed by atoms with Crippen LogP contribution >= 0.6 is 11.3 Å². The van der Waals surface area contributed by atoms with Crippen LogP contribution in [0.4, 0.5) is 18.9 Å². The number of alkyl halides is 3. The third-order valence-corrected chi connectivity index (χ3v) is 6.64. The molecular formula is C21H21F3N4O2S. The molecule has 4 rings (SSSR count). The zero-order valence-electron chi connectivity index (χ0n) is 17.0. The summed E-state index contributed by atoms with van der Waals surface area (Å²) in [6.45, 7) is 2.08. The molecule has 0 aliphatic heterocycles. The summed E-state index contributed by atoms with van der Waals surface area (Å²) in [6.07, 6.45) is -1.48. The second kappa shape index (κ2) is 7.83. The Morgan fingerprint density at radius 2 is 2.06 bits per heavy atom. The number of aromatic nitrogens is 3. The molecule has 3 aromatic heterocycles. The van der Waals surface area contributed by atoms with Crippen molar-refractivity contribution < 1.29 is 23.1 Å². The van der Waals surface area contributed by atoms with Gasteiger partial charge in [0.15, 0.2) is 0 Å². The summed E-state index contributed by atoms with van der Waals surface area (Å²) >= 11 is 1.29. The number of hydrogen-bond donors (Lipinski definition) is 2. The monoisotopic (exact) mass is 450 g/mol. The fraction of sp³-hybridized carbons (Fsp3) is 0.429. The maximum Gasteiger partial charge on any atom is 0.399 e. The van der Waals surface area contributed by atoms with E-state index in [0.717, 1.165) is 19.4 Å². The SMILES string of the molecule is CC(C)(c1ccc2c(n1)CC[C@@H](C(=O)Nc1cnc3sc(CO)nc3c1)C2)C(F)(F)F. The Labute approximate surface area is 180 Å². The molecule has 0 fully saturated rings. The number of aliphatic hydroxyl groups excluding tert-OH is 1. The minimum absolute atomic E-state index is 0.00783. The van der Waals surface area contributed by atoms with Gasteiger partial charge in [-0.1, -0.05) is 17.4 Å². The normalized spacial score (nSPS) is 16.9. The van der Waals surface area contributed by atoms with Crippen LogP contribution in [0, 0.1) is 5.92 Å². The first-order valence-corrected chi connectivity index (χ1v) is 10.6. The number of halogens is 3. The van der Waals surface area contributed by atoms with Crippen molar-refractivity contribution in [1.82, 2.24) is 15.0 Å². The van der Waals surface area contributed by atoms with E-state index in [9.17, 15) is 23.1 Å². The number of fused-ring (bicyclic) bond motifs is 2. The molecule has 164 valence electrons. The van der Waals surface area contributed by atoms with Gasteiger partial charge < -0.3 is 10.4 Å². The van der Waals surface area contributed by atoms with Gasteiger partial charge in [-0.05, 0) is 50.8 Å². The lowest BCUT2D eigenvalue weighted by atomic mass is 9.83. The van der Waals surface area contributed by atoms with Gasteiger partial charge in [0.2, 0.25) is 5.91 Å². The van der Waals surface area contributed by atoms with Crippen molar-refractivity contribution in [2.45, 2.75) is 51.3 Å². The molecule has 3 heterocycles. The molecule has 1 aliphatic rings. The van der Waals surface area contributed by atoms with Gasteiger partial charge in [0.1, 0.15) is 20.8 Å². The molecule has 2 N–H and O–H groups in total. The van der Waals surface area contributed by atoms with E-state index in [-0.39, 0.29) is 24.1 Å². The maximum absolute atomic E-state index is 13.3. The van der Waals surface area contributed by atoms with Gasteiger partial charge in [0.05, 0.1) is 24.2 Å². The number of anilines is 1. The fourth-order valence-corrected chi connectivity index (χ4v) is 4.32. The lowest BCUT2D eigenvalue weighted by Crippen LogP contribution is -2.38. The molecule has 0 saturated heterocycles. The number of thiazole rings is 1. The quantitative estimate of drug-likeness (QED) is 0.623. The van der Waals surface area contributed by atoms with Gasteiger partial charge in [-0.25, -0.2) is 9.97 Å². The standard InChI is InChI=1S/C21H21F3N4O2S/c1-20(2,21(22,23)24)16-6-4-11-7-12(3-5-14(11)27-16)18(30)26-13-8-15-19(25-9-13)31-17(10-29)28-15/h4,6,8-9,12,29H,3,5,7,10H2,1-2H3,(H,26,30)/t12-/m1/s1. The van der Waals surface area contributed by atoms with Crippen LogP contribution in [0.3, 0.4) is 0 Å². The van der Waals surface area contributed by atoms with Crippen molar-refractivity contribution in [3.05, 3.63) is 46.4 Å². The van der Waals surface area contributed by atoms with Crippen LogP contribution in [-0.2, 0) is 29.7 Å². The Morgan fingerprint density at radius 3 is 2.77 bits per heavy atom. The van der Waals surface area contributed by atoms with Gasteiger partial charge in [0.25, 0.3) is 0 Å². The maximum atomic E-state index is 13.3. The Kier molecular flexibility index (Phi) is 5.47. The number of aryl methyl sites for hydroxylation is 1. The number of carbonyl (C=O) groups excluding carboxylic acids is 1. The van der Waals surface area contributed by atoms with Crippen molar-refractivity contribution in [3.8, 4) is 0 Å². The molecule has 10 heteroatoms. The Balaban J connectivity index is 1.48. The molecule has 0 spiro atoms. The molecule has 1 amide bonds. The van der Waals surface area contributed by atoms with Crippen LogP contribution in [0.5, 0.6) is 0 Å². The third kappa shape index (κ3) is 4.14. The van der Waals surface area contributed by atoms with Crippen molar-refractivity contribution in [2.75, 3.05) is 5.32 Å². The average molecular weight is 450 g/mol. The van der Waals surface area contributed by atoms with E-state index >= 15 is 0 Å². The van der Waals surface area contributed by atoms with Crippen molar-refractivity contribution in [3.63, 3.8) is 0 Å². The summed E-state index contributed by atoms with van der Waals surface area (Å²) in [6, 6.07) is 4.77. The number of nitrogens with zero attached hydrogens (tertiary/aromatic N) is 3. The second-order valence-electron chi connectivity index (χ2n) is 8.17. The molecule has 0 saturated carbocycles. The van der Waals surface area contributed by atoms with Crippen molar-refractivity contribution in [1.29, 1.82) is 0 Å². The second-order valence-corrected chi connectivity index (χ2v) is 9.23. The smallest absolute Gasteiger partial charge is 0.389 e. The topological polar surface area (TPSA) is 88.0 Å². The lowest BCUT2D eigenvalue weighted by molar-refractivity contribution is -0.181. The van der Waals surface area contributed by atoms with E-state index in [0.29, 0.717) is 46.0 Å². The molecule has 0 aromatic carbocycles. The zero-order valence-corrected chi connectivity index (χ0v) is 17.8. The van der Waals surface area contributed by atoms with Crippen molar-refractivity contribution in [2.24, 2.45) is 5.92 Å². The predicted octanol–water partition coefficient (Wildman–Crippen LogP) is 4.16. The number of aliphatic hydroxyl groups is 1. The summed E-state index contributed by atoms with van der Waals surface area (Å²) in [5, 5.41) is 12.6. The third-order valence-electron chi connectivity index (χ3n) is 5.68. The number of hydrogen-bond acceptors (Lipinski definition) is 6. The highest BCUT2D eigenvalue weighted by molar-refractivity contribution is 7.18. The summed E-state index contributed by atoms with van der Waals surface area (Å²) in [7, 11) is 0. The molecule has 0 unspecified atom stereocenters. The van der Waals surface area contributed by atoms with E-state index in [2.05, 4.69) is 20.3 Å². The molecule has 0 bridgehead atoms. The first-order valence-electron chi connectivity index (χ1n) is 9.81. The predicted molar refractivity (Wildman–Crippen MR) is 111 cm³/mol. The first-order chi connectivity index (χ1) is 14.6. The molecule has 0 radical (unpaired) electrons. The van der Waals surface area contributed by atoms with Crippen LogP contribution in [0.1, 0.15) is 42.2 Å². The fourth-order valence-electron chi connectivity index (χ4n) is 3.58. The highest BCUT2D eigenvalue weighted by Gasteiger charge is 2.49. The largest absolute Gasteiger partial charge is 0.399 e. The van der Waals surface area contributed by atoms with Gasteiger partial charge in [0, 0.05) is 11.6 Å². The van der Waals surface area contributed by atoms with Crippen LogP contribution in [0.25, 0.3) is 10.3 Å². The molecular weight excluding hydrogens is 429 g/mol. The summed E-state index contributed by atoms with van der Waals surface area (Å²) in [5.74, 6) is -0.487. The molecule has 31 heavy (non-hydrogen) atoms. The van der Waals surface area contributed by atoms with E-state index in [4.69, 9.17) is 0 Å². The summed E-state index contributed by atoms with van der Waals surface area (Å²) in [5.41, 5.74) is 0.498. The number of carbonyl (C=O) groups is 1. The molecule has 3 aromatic rings. The average Bonchev–Trinajstić information content (AvgIpc) is 3.14. The number of pyridine rings is 2. The summed E-state index contributed by atoms with van der Waals surface area (Å²) < 4.78 is 40.0. The van der Waals surface area contributed by atoms with Gasteiger partial charge in [-0.3, -0.25) is 9.78 Å². The van der Waals surface area contributed by atoms with Crippen LogP contribution in [-0.4, -0.2) is 32.1 Å². The molecule has 1 aliphatic carbocycles. The first kappa shape index (κ1) is 21.6. The highest BCUT2D eigenvalue weighted by atomic mass is 32.1. The van der Waals surface area contributed by atoms with Crippen LogP contribution in [0.15, 0.2) is 24.4 Å². The van der Waals surface area contributed by atoms with Crippen LogP contribution in [0.2, 0.25) is 0 Å². The van der Waals surface area contributed by atoms with E-state index < -0.39 is 11.6 Å². The summed E-state index contributed by atoms with van der Waals surface area (Å²) in [4.78, 5) is 26.2.